The van der Waals surface area contributed by atoms with E-state index in [4.69, 9.17) is 4.74 Å². The molecule has 1 aromatic carbocycles. The molecular formula is C19H19N3O4. The summed E-state index contributed by atoms with van der Waals surface area (Å²) in [7, 11) is 1.53. The second-order valence-corrected chi connectivity index (χ2v) is 5.95. The predicted molar refractivity (Wildman–Crippen MR) is 97.5 cm³/mol. The van der Waals surface area contributed by atoms with E-state index in [-0.39, 0.29) is 29.7 Å². The molecule has 0 spiro atoms. The van der Waals surface area contributed by atoms with Crippen LogP contribution in [0.5, 0.6) is 0 Å². The van der Waals surface area contributed by atoms with Gasteiger partial charge in [0.05, 0.1) is 24.1 Å². The SMILES string of the molecule is CCOC(=O)c1cc(C)nc2c1c(=O)n(Cc1ccccc1)c(=O)n2C. The van der Waals surface area contributed by atoms with Crippen molar-refractivity contribution in [1.82, 2.24) is 14.1 Å². The van der Waals surface area contributed by atoms with Crippen LogP contribution in [0.2, 0.25) is 0 Å². The van der Waals surface area contributed by atoms with Crippen molar-refractivity contribution in [3.8, 4) is 0 Å². The first-order valence-electron chi connectivity index (χ1n) is 8.26. The fraction of sp³-hybridized carbons (Fsp3) is 0.263. The molecule has 0 saturated heterocycles. The van der Waals surface area contributed by atoms with Gasteiger partial charge in [0.2, 0.25) is 0 Å². The summed E-state index contributed by atoms with van der Waals surface area (Å²) < 4.78 is 7.47. The molecule has 0 bridgehead atoms. The Morgan fingerprint density at radius 1 is 1.19 bits per heavy atom. The molecule has 3 rings (SSSR count). The predicted octanol–water partition coefficient (Wildman–Crippen LogP) is 1.63. The Kier molecular flexibility index (Phi) is 4.71. The van der Waals surface area contributed by atoms with Gasteiger partial charge in [-0.25, -0.2) is 14.6 Å². The van der Waals surface area contributed by atoms with Crippen LogP contribution < -0.4 is 11.2 Å². The Morgan fingerprint density at radius 2 is 1.88 bits per heavy atom. The lowest BCUT2D eigenvalue weighted by molar-refractivity contribution is 0.0528. The first-order valence-corrected chi connectivity index (χ1v) is 8.26. The molecule has 7 heteroatoms. The standard InChI is InChI=1S/C19H19N3O4/c1-4-26-18(24)14-10-12(2)20-16-15(14)17(23)22(19(25)21(16)3)11-13-8-6-5-7-9-13/h5-10H,4,11H2,1-3H3. The van der Waals surface area contributed by atoms with Gasteiger partial charge >= 0.3 is 11.7 Å². The van der Waals surface area contributed by atoms with Crippen molar-refractivity contribution < 1.29 is 9.53 Å². The number of pyridine rings is 1. The average molecular weight is 353 g/mol. The Hall–Kier alpha value is -3.22. The molecular weight excluding hydrogens is 334 g/mol. The minimum Gasteiger partial charge on any atom is -0.462 e. The summed E-state index contributed by atoms with van der Waals surface area (Å²) in [4.78, 5) is 42.4. The fourth-order valence-corrected chi connectivity index (χ4v) is 2.88. The van der Waals surface area contributed by atoms with Crippen LogP contribution in [0, 0.1) is 6.92 Å². The number of esters is 1. The van der Waals surface area contributed by atoms with Gasteiger partial charge in [0.1, 0.15) is 5.65 Å². The van der Waals surface area contributed by atoms with E-state index < -0.39 is 17.2 Å². The Labute approximate surface area is 149 Å². The molecule has 2 heterocycles. The molecule has 0 atom stereocenters. The second kappa shape index (κ2) is 6.95. The molecule has 7 nitrogen and oxygen atoms in total. The number of carbonyl (C=O) groups is 1. The average Bonchev–Trinajstić information content (AvgIpc) is 2.63. The van der Waals surface area contributed by atoms with Gasteiger partial charge < -0.3 is 4.74 Å². The van der Waals surface area contributed by atoms with Gasteiger partial charge in [0.25, 0.3) is 5.56 Å². The number of aryl methyl sites for hydroxylation is 2. The normalized spacial score (nSPS) is 10.9. The van der Waals surface area contributed by atoms with Crippen LogP contribution in [0.3, 0.4) is 0 Å². The zero-order valence-electron chi connectivity index (χ0n) is 14.9. The number of nitrogens with zero attached hydrogens (tertiary/aromatic N) is 3. The summed E-state index contributed by atoms with van der Waals surface area (Å²) in [5, 5.41) is 0.0899. The van der Waals surface area contributed by atoms with Gasteiger partial charge in [-0.05, 0) is 25.5 Å². The van der Waals surface area contributed by atoms with Gasteiger partial charge in [-0.1, -0.05) is 30.3 Å². The van der Waals surface area contributed by atoms with Crippen molar-refractivity contribution >= 4 is 17.0 Å². The van der Waals surface area contributed by atoms with Gasteiger partial charge in [-0.15, -0.1) is 0 Å². The number of hydrogen-bond donors (Lipinski definition) is 0. The third-order valence-corrected chi connectivity index (χ3v) is 4.10. The molecule has 134 valence electrons. The third kappa shape index (κ3) is 3.03. The Bertz CT molecular complexity index is 1100. The molecule has 26 heavy (non-hydrogen) atoms. The van der Waals surface area contributed by atoms with Crippen molar-refractivity contribution in [3.05, 3.63) is 74.1 Å². The molecule has 0 N–H and O–H groups in total. The highest BCUT2D eigenvalue weighted by atomic mass is 16.5. The van der Waals surface area contributed by atoms with Crippen LogP contribution >= 0.6 is 0 Å². The van der Waals surface area contributed by atoms with E-state index in [1.807, 2.05) is 30.3 Å². The van der Waals surface area contributed by atoms with Crippen molar-refractivity contribution in [3.63, 3.8) is 0 Å². The zero-order valence-corrected chi connectivity index (χ0v) is 14.9. The Balaban J connectivity index is 2.33. The van der Waals surface area contributed by atoms with Crippen LogP contribution in [-0.2, 0) is 18.3 Å². The van der Waals surface area contributed by atoms with Gasteiger partial charge in [-0.3, -0.25) is 13.9 Å². The molecule has 0 fully saturated rings. The second-order valence-electron chi connectivity index (χ2n) is 5.95. The van der Waals surface area contributed by atoms with E-state index in [1.165, 1.54) is 17.7 Å². The summed E-state index contributed by atoms with van der Waals surface area (Å²) in [6.07, 6.45) is 0. The zero-order chi connectivity index (χ0) is 18.8. The molecule has 0 radical (unpaired) electrons. The molecule has 0 aliphatic carbocycles. The number of aromatic nitrogens is 3. The Morgan fingerprint density at radius 3 is 2.54 bits per heavy atom. The van der Waals surface area contributed by atoms with Crippen LogP contribution in [0.25, 0.3) is 11.0 Å². The largest absolute Gasteiger partial charge is 0.462 e. The number of ether oxygens (including phenoxy) is 1. The molecule has 0 aliphatic rings. The highest BCUT2D eigenvalue weighted by Crippen LogP contribution is 2.15. The summed E-state index contributed by atoms with van der Waals surface area (Å²) in [5.74, 6) is -0.606. The van der Waals surface area contributed by atoms with Crippen molar-refractivity contribution in [2.45, 2.75) is 20.4 Å². The van der Waals surface area contributed by atoms with Crippen molar-refractivity contribution in [2.75, 3.05) is 6.61 Å². The summed E-state index contributed by atoms with van der Waals surface area (Å²) in [5.41, 5.74) is 0.588. The maximum absolute atomic E-state index is 13.0. The molecule has 2 aromatic heterocycles. The van der Waals surface area contributed by atoms with E-state index in [0.29, 0.717) is 5.69 Å². The molecule has 0 amide bonds. The van der Waals surface area contributed by atoms with E-state index >= 15 is 0 Å². The smallest absolute Gasteiger partial charge is 0.339 e. The van der Waals surface area contributed by atoms with Crippen molar-refractivity contribution in [1.29, 1.82) is 0 Å². The first-order chi connectivity index (χ1) is 12.4. The van der Waals surface area contributed by atoms with Gasteiger partial charge in [-0.2, -0.15) is 0 Å². The first kappa shape index (κ1) is 17.6. The third-order valence-electron chi connectivity index (χ3n) is 4.10. The summed E-state index contributed by atoms with van der Waals surface area (Å²) in [6, 6.07) is 10.7. The van der Waals surface area contributed by atoms with E-state index in [1.54, 1.807) is 13.8 Å². The van der Waals surface area contributed by atoms with Gasteiger partial charge in [0.15, 0.2) is 0 Å². The fourth-order valence-electron chi connectivity index (χ4n) is 2.88. The number of rotatable bonds is 4. The highest BCUT2D eigenvalue weighted by Gasteiger charge is 2.21. The lowest BCUT2D eigenvalue weighted by Gasteiger charge is -2.13. The minimum absolute atomic E-state index is 0.0899. The highest BCUT2D eigenvalue weighted by molar-refractivity contribution is 6.02. The molecule has 0 aliphatic heterocycles. The monoisotopic (exact) mass is 353 g/mol. The maximum Gasteiger partial charge on any atom is 0.339 e. The van der Waals surface area contributed by atoms with Crippen LogP contribution in [0.1, 0.15) is 28.5 Å². The lowest BCUT2D eigenvalue weighted by atomic mass is 10.1. The van der Waals surface area contributed by atoms with E-state index in [9.17, 15) is 14.4 Å². The molecule has 0 saturated carbocycles. The van der Waals surface area contributed by atoms with Crippen LogP contribution in [0.15, 0.2) is 46.0 Å². The van der Waals surface area contributed by atoms with Crippen molar-refractivity contribution in [2.24, 2.45) is 7.05 Å². The molecule has 3 aromatic rings. The number of fused-ring (bicyclic) bond motifs is 1. The molecule has 0 unspecified atom stereocenters. The van der Waals surface area contributed by atoms with Crippen LogP contribution in [0.4, 0.5) is 0 Å². The number of hydrogen-bond acceptors (Lipinski definition) is 5. The van der Waals surface area contributed by atoms with E-state index in [0.717, 1.165) is 10.1 Å². The maximum atomic E-state index is 13.0. The summed E-state index contributed by atoms with van der Waals surface area (Å²) in [6.45, 7) is 3.68. The number of carbonyl (C=O) groups excluding carboxylic acids is 1. The van der Waals surface area contributed by atoms with E-state index in [2.05, 4.69) is 4.98 Å². The van der Waals surface area contributed by atoms with Gasteiger partial charge in [0, 0.05) is 12.7 Å². The summed E-state index contributed by atoms with van der Waals surface area (Å²) >= 11 is 0. The topological polar surface area (TPSA) is 83.2 Å². The minimum atomic E-state index is -0.606. The number of benzene rings is 1. The van der Waals surface area contributed by atoms with Crippen LogP contribution in [-0.4, -0.2) is 26.7 Å². The quantitative estimate of drug-likeness (QED) is 0.666. The lowest BCUT2D eigenvalue weighted by Crippen LogP contribution is -2.40.